The Kier molecular flexibility index (Phi) is 13.8. The van der Waals surface area contributed by atoms with Crippen molar-refractivity contribution in [3.63, 3.8) is 0 Å². The number of carbonyl (C=O) groups excluding carboxylic acids is 1. The molecule has 1 fully saturated rings. The summed E-state index contributed by atoms with van der Waals surface area (Å²) in [6.45, 7) is 10.6. The van der Waals surface area contributed by atoms with Crippen LogP contribution in [0.15, 0.2) is 133 Å². The highest BCUT2D eigenvalue weighted by Crippen LogP contribution is 2.62. The minimum Gasteiger partial charge on any atom is -0.459 e. The van der Waals surface area contributed by atoms with Gasteiger partial charge >= 0.3 is 6.09 Å². The first kappa shape index (κ1) is 44.9. The predicted molar refractivity (Wildman–Crippen MR) is 252 cm³/mol. The summed E-state index contributed by atoms with van der Waals surface area (Å²) in [5, 5.41) is 29.3. The van der Waals surface area contributed by atoms with E-state index in [0.717, 1.165) is 75.4 Å². The summed E-state index contributed by atoms with van der Waals surface area (Å²) in [6.07, 6.45) is 8.45. The van der Waals surface area contributed by atoms with Crippen molar-refractivity contribution in [1.82, 2.24) is 4.90 Å². The van der Waals surface area contributed by atoms with E-state index in [1.54, 1.807) is 11.0 Å². The summed E-state index contributed by atoms with van der Waals surface area (Å²) in [5.41, 5.74) is 3.00. The summed E-state index contributed by atoms with van der Waals surface area (Å²) in [4.78, 5) is 22.6. The first-order valence-electron chi connectivity index (χ1n) is 22.8. The Bertz CT molecular complexity index is 2500. The molecule has 1 saturated carbocycles. The van der Waals surface area contributed by atoms with E-state index in [4.69, 9.17) is 28.9 Å². The molecule has 6 atom stereocenters. The maximum Gasteiger partial charge on any atom is 0.410 e. The fourth-order valence-corrected chi connectivity index (χ4v) is 10.3. The lowest BCUT2D eigenvalue weighted by Crippen LogP contribution is -2.70. The van der Waals surface area contributed by atoms with Crippen LogP contribution >= 0.6 is 0 Å². The lowest BCUT2D eigenvalue weighted by atomic mass is 9.55. The fraction of sp³-hybridized carbons (Fsp3) is 0.407. The Labute approximate surface area is 377 Å². The van der Waals surface area contributed by atoms with Crippen molar-refractivity contribution in [1.29, 1.82) is 0 Å². The third kappa shape index (κ3) is 9.27. The molecule has 336 valence electrons. The number of rotatable bonds is 17. The number of allylic oxidation sites excluding steroid dienone is 1. The predicted octanol–water partition coefficient (Wildman–Crippen LogP) is 11.5. The van der Waals surface area contributed by atoms with Gasteiger partial charge in [0.2, 0.25) is 5.79 Å². The van der Waals surface area contributed by atoms with E-state index < -0.39 is 29.4 Å². The van der Waals surface area contributed by atoms with Crippen molar-refractivity contribution in [3.8, 4) is 17.2 Å². The van der Waals surface area contributed by atoms with Crippen LogP contribution in [0.4, 0.5) is 4.79 Å². The van der Waals surface area contributed by atoms with Crippen LogP contribution in [0.5, 0.6) is 17.2 Å². The molecule has 8 rings (SSSR count). The van der Waals surface area contributed by atoms with Crippen LogP contribution < -0.4 is 9.47 Å². The molecular weight excluding hydrogens is 805 g/mol. The number of oxime groups is 1. The Hall–Kier alpha value is -5.68. The largest absolute Gasteiger partial charge is 0.459 e. The van der Waals surface area contributed by atoms with Gasteiger partial charge in [0.05, 0.1) is 31.9 Å². The second-order valence-corrected chi connectivity index (χ2v) is 18.3. The third-order valence-electron chi connectivity index (χ3n) is 13.0. The Morgan fingerprint density at radius 1 is 0.875 bits per heavy atom. The fourth-order valence-electron chi connectivity index (χ4n) is 10.3. The molecule has 0 aromatic heterocycles. The number of benzene rings is 5. The van der Waals surface area contributed by atoms with Crippen molar-refractivity contribution >= 4 is 33.3 Å². The van der Waals surface area contributed by atoms with Gasteiger partial charge in [-0.25, -0.2) is 4.79 Å². The Balaban J connectivity index is 1.35. The lowest BCUT2D eigenvalue weighted by Gasteiger charge is -2.60. The average molecular weight is 867 g/mol. The second kappa shape index (κ2) is 19.6. The summed E-state index contributed by atoms with van der Waals surface area (Å²) in [7, 11) is 1.41. The zero-order chi connectivity index (χ0) is 44.8. The summed E-state index contributed by atoms with van der Waals surface area (Å²) < 4.78 is 27.0. The number of fused-ring (bicyclic) bond motifs is 4. The SMILES string of the molecule is C=CCOC12Oc3ccc(Oc4ccc5ccccc5c4)cc3C3C(CCCCO)C(CCCCO)C=C(C(=NOC(C)(C)C)CC1N(Cc1cccc4ccccc14)C(=O)OC)C32. The molecule has 3 aliphatic rings. The summed E-state index contributed by atoms with van der Waals surface area (Å²) in [6, 6.07) is 33.9. The van der Waals surface area contributed by atoms with E-state index in [0.29, 0.717) is 24.3 Å². The molecule has 0 radical (unpaired) electrons. The normalized spacial score (nSPS) is 23.1. The van der Waals surface area contributed by atoms with Gasteiger partial charge in [0.1, 0.15) is 28.9 Å². The van der Waals surface area contributed by atoms with Crippen LogP contribution in [0, 0.1) is 17.8 Å². The molecule has 6 unspecified atom stereocenters. The lowest BCUT2D eigenvalue weighted by molar-refractivity contribution is -0.256. The van der Waals surface area contributed by atoms with Gasteiger partial charge in [0.15, 0.2) is 0 Å². The number of unbranched alkanes of at least 4 members (excludes halogenated alkanes) is 2. The molecule has 2 N–H and O–H groups in total. The molecule has 1 amide bonds. The first-order chi connectivity index (χ1) is 31.1. The minimum atomic E-state index is -1.44. The minimum absolute atomic E-state index is 0.0532. The number of aliphatic hydroxyl groups is 2. The number of hydrogen-bond acceptors (Lipinski definition) is 9. The maximum absolute atomic E-state index is 14.5. The van der Waals surface area contributed by atoms with Crippen LogP contribution in [-0.4, -0.2) is 71.3 Å². The maximum atomic E-state index is 14.5. The zero-order valence-electron chi connectivity index (χ0n) is 37.6. The molecule has 0 saturated heterocycles. The van der Waals surface area contributed by atoms with Crippen molar-refractivity contribution in [2.24, 2.45) is 22.9 Å². The number of aliphatic hydroxyl groups excluding tert-OH is 2. The van der Waals surface area contributed by atoms with Crippen LogP contribution in [-0.2, 0) is 20.9 Å². The number of ether oxygens (including phenoxy) is 4. The third-order valence-corrected chi connectivity index (χ3v) is 13.0. The highest BCUT2D eigenvalue weighted by atomic mass is 16.7. The molecule has 1 aliphatic heterocycles. The molecule has 10 nitrogen and oxygen atoms in total. The van der Waals surface area contributed by atoms with Crippen molar-refractivity contribution < 1.29 is 38.8 Å². The van der Waals surface area contributed by atoms with E-state index in [-0.39, 0.29) is 50.5 Å². The van der Waals surface area contributed by atoms with E-state index >= 15 is 0 Å². The molecule has 0 spiro atoms. The van der Waals surface area contributed by atoms with Crippen LogP contribution in [0.2, 0.25) is 0 Å². The molecule has 5 aromatic carbocycles. The van der Waals surface area contributed by atoms with E-state index in [1.807, 2.05) is 75.4 Å². The Morgan fingerprint density at radius 2 is 1.58 bits per heavy atom. The van der Waals surface area contributed by atoms with Crippen molar-refractivity contribution in [2.45, 2.75) is 95.6 Å². The van der Waals surface area contributed by atoms with Crippen LogP contribution in [0.25, 0.3) is 21.5 Å². The van der Waals surface area contributed by atoms with Gasteiger partial charge in [0, 0.05) is 31.1 Å². The highest BCUT2D eigenvalue weighted by Gasteiger charge is 2.65. The second-order valence-electron chi connectivity index (χ2n) is 18.3. The molecule has 5 aromatic rings. The topological polar surface area (TPSA) is 119 Å². The standard InChI is InChI=1S/C54H62N2O8/c1-6-30-61-54-49(56(52(59)60-5)35-40-21-15-20-37-17-9-10-22-43(37)40)34-47(55-64-53(2,3)4)45-32-39(19-11-13-28-57)44(23-12-14-29-58)50(51(45)54)46-33-42(26-27-48(46)63-54)62-41-25-24-36-16-7-8-18-38(36)31-41/h6-10,15-18,20-22,24-27,31-33,39,44,49-51,57-58H,1,11-14,19,23,28-30,34-35H2,2-5H3. The van der Waals surface area contributed by atoms with Gasteiger partial charge in [-0.05, 0) is 121 Å². The van der Waals surface area contributed by atoms with Gasteiger partial charge in [-0.2, -0.15) is 0 Å². The Morgan fingerprint density at radius 3 is 2.33 bits per heavy atom. The quantitative estimate of drug-likeness (QED) is 0.0539. The van der Waals surface area contributed by atoms with Crippen molar-refractivity contribution in [2.75, 3.05) is 26.9 Å². The van der Waals surface area contributed by atoms with Gasteiger partial charge in [-0.3, -0.25) is 4.90 Å². The van der Waals surface area contributed by atoms with Crippen LogP contribution in [0.1, 0.15) is 82.8 Å². The first-order valence-corrected chi connectivity index (χ1v) is 22.8. The molecule has 0 bridgehead atoms. The van der Waals surface area contributed by atoms with Gasteiger partial charge < -0.3 is 34.0 Å². The number of nitrogens with zero attached hydrogens (tertiary/aromatic N) is 2. The average Bonchev–Trinajstić information content (AvgIpc) is 3.30. The summed E-state index contributed by atoms with van der Waals surface area (Å²) in [5.74, 6) is 0.0299. The number of hydrogen-bond donors (Lipinski definition) is 2. The number of carbonyl (C=O) groups is 1. The van der Waals surface area contributed by atoms with Crippen molar-refractivity contribution in [3.05, 3.63) is 139 Å². The molecular formula is C54H62N2O8. The van der Waals surface area contributed by atoms with Gasteiger partial charge in [-0.1, -0.05) is 103 Å². The number of methoxy groups -OCH3 is 1. The molecule has 1 heterocycles. The molecule has 10 heteroatoms. The van der Waals surface area contributed by atoms with Gasteiger partial charge in [0.25, 0.3) is 0 Å². The molecule has 64 heavy (non-hydrogen) atoms. The van der Waals surface area contributed by atoms with E-state index in [1.165, 1.54) is 7.11 Å². The monoisotopic (exact) mass is 866 g/mol. The molecule has 2 aliphatic carbocycles. The zero-order valence-corrected chi connectivity index (χ0v) is 37.6. The summed E-state index contributed by atoms with van der Waals surface area (Å²) >= 11 is 0. The van der Waals surface area contributed by atoms with E-state index in [9.17, 15) is 15.0 Å². The highest BCUT2D eigenvalue weighted by molar-refractivity contribution is 6.03. The van der Waals surface area contributed by atoms with Crippen LogP contribution in [0.3, 0.4) is 0 Å². The number of amides is 1. The smallest absolute Gasteiger partial charge is 0.410 e. The van der Waals surface area contributed by atoms with E-state index in [2.05, 4.69) is 61.2 Å². The van der Waals surface area contributed by atoms with Gasteiger partial charge in [-0.15, -0.1) is 6.58 Å².